The molecule has 2 aromatic carbocycles. The van der Waals surface area contributed by atoms with Gasteiger partial charge in [-0.05, 0) is 38.1 Å². The van der Waals surface area contributed by atoms with Crippen molar-refractivity contribution in [3.63, 3.8) is 0 Å². The number of anilines is 2. The number of hydrogen-bond donors (Lipinski definition) is 2. The topological polar surface area (TPSA) is 103 Å². The molecule has 1 heterocycles. The van der Waals surface area contributed by atoms with E-state index in [0.29, 0.717) is 22.9 Å². The minimum Gasteiger partial charge on any atom is -0.483 e. The number of benzene rings is 2. The molecule has 3 rings (SSSR count). The Morgan fingerprint density at radius 3 is 2.47 bits per heavy atom. The lowest BCUT2D eigenvalue weighted by Gasteiger charge is -2.18. The van der Waals surface area contributed by atoms with Gasteiger partial charge in [-0.1, -0.05) is 18.2 Å². The highest BCUT2D eigenvalue weighted by Gasteiger charge is 2.32. The molecule has 0 aliphatic carbocycles. The number of carbonyl (C=O) groups is 3. The number of fused-ring (bicyclic) bond motifs is 1. The monoisotopic (exact) mass is 412 g/mol. The number of carbonyl (C=O) groups excluding carboxylic acids is 3. The van der Waals surface area contributed by atoms with Crippen LogP contribution in [0.5, 0.6) is 11.5 Å². The molecule has 1 aliphatic rings. The maximum Gasteiger partial charge on any atom is 0.344 e. The summed E-state index contributed by atoms with van der Waals surface area (Å²) in [4.78, 5) is 35.1. The van der Waals surface area contributed by atoms with E-state index >= 15 is 0 Å². The van der Waals surface area contributed by atoms with E-state index in [-0.39, 0.29) is 18.1 Å². The van der Waals surface area contributed by atoms with Crippen LogP contribution in [0.25, 0.3) is 0 Å². The first-order valence-corrected chi connectivity index (χ1v) is 9.49. The van der Waals surface area contributed by atoms with E-state index in [9.17, 15) is 14.4 Å². The molecule has 0 unspecified atom stereocenters. The van der Waals surface area contributed by atoms with Crippen LogP contribution in [0.4, 0.5) is 11.4 Å². The normalized spacial score (nSPS) is 13.6. The van der Waals surface area contributed by atoms with Crippen LogP contribution in [0.15, 0.2) is 42.5 Å². The fourth-order valence-electron chi connectivity index (χ4n) is 3.10. The maximum atomic E-state index is 12.0. The largest absolute Gasteiger partial charge is 0.483 e. The number of hydrogen-bond acceptors (Lipinski definition) is 6. The molecule has 2 amide bonds. The molecule has 1 aliphatic heterocycles. The minimum absolute atomic E-state index is 0.217. The van der Waals surface area contributed by atoms with Gasteiger partial charge in [-0.2, -0.15) is 0 Å². The molecule has 0 fully saturated rings. The van der Waals surface area contributed by atoms with E-state index in [4.69, 9.17) is 14.2 Å². The second kappa shape index (κ2) is 8.86. The Hall–Kier alpha value is -3.55. The summed E-state index contributed by atoms with van der Waals surface area (Å²) in [6.07, 6.45) is 0.757. The molecule has 0 atom stereocenters. The van der Waals surface area contributed by atoms with Crippen LogP contribution >= 0.6 is 0 Å². The van der Waals surface area contributed by atoms with Crippen molar-refractivity contribution in [2.45, 2.75) is 32.8 Å². The zero-order valence-corrected chi connectivity index (χ0v) is 17.1. The first-order valence-electron chi connectivity index (χ1n) is 9.49. The molecule has 0 radical (unpaired) electrons. The molecule has 8 nitrogen and oxygen atoms in total. The lowest BCUT2D eigenvalue weighted by atomic mass is 10.0. The molecular formula is C22H24N2O6. The summed E-state index contributed by atoms with van der Waals surface area (Å²) in [5.74, 6) is -0.298. The fourth-order valence-corrected chi connectivity index (χ4v) is 3.10. The van der Waals surface area contributed by atoms with Crippen LogP contribution in [-0.2, 0) is 25.5 Å². The quantitative estimate of drug-likeness (QED) is 0.678. The lowest BCUT2D eigenvalue weighted by molar-refractivity contribution is -0.149. The van der Waals surface area contributed by atoms with Crippen LogP contribution in [-0.4, -0.2) is 36.6 Å². The molecule has 0 bridgehead atoms. The Kier molecular flexibility index (Phi) is 6.25. The standard InChI is InChI=1S/C22H24N2O6/c1-14(25)23-16-7-5-8-17(10-16)24-19(26)12-29-20(27)13-28-18-9-4-6-15-11-22(2,3)30-21(15)18/h4-10H,11-13H2,1-3H3,(H,23,25)(H,24,26). The SMILES string of the molecule is CC(=O)Nc1cccc(NC(=O)COC(=O)COc2cccc3c2OC(C)(C)C3)c1. The van der Waals surface area contributed by atoms with Gasteiger partial charge in [-0.15, -0.1) is 0 Å². The number of para-hydroxylation sites is 1. The molecule has 2 N–H and O–H groups in total. The van der Waals surface area contributed by atoms with Crippen molar-refractivity contribution >= 4 is 29.2 Å². The van der Waals surface area contributed by atoms with Gasteiger partial charge in [-0.25, -0.2) is 4.79 Å². The van der Waals surface area contributed by atoms with E-state index < -0.39 is 18.5 Å². The zero-order valence-electron chi connectivity index (χ0n) is 17.1. The average Bonchev–Trinajstić information content (AvgIpc) is 2.98. The highest BCUT2D eigenvalue weighted by Crippen LogP contribution is 2.41. The van der Waals surface area contributed by atoms with Crippen molar-refractivity contribution in [2.24, 2.45) is 0 Å². The van der Waals surface area contributed by atoms with Crippen LogP contribution in [0, 0.1) is 0 Å². The summed E-state index contributed by atoms with van der Waals surface area (Å²) in [5, 5.41) is 5.22. The molecular weight excluding hydrogens is 388 g/mol. The lowest BCUT2D eigenvalue weighted by Crippen LogP contribution is -2.25. The summed E-state index contributed by atoms with van der Waals surface area (Å²) in [7, 11) is 0. The first kappa shape index (κ1) is 21.2. The van der Waals surface area contributed by atoms with Crippen molar-refractivity contribution in [3.8, 4) is 11.5 Å². The summed E-state index contributed by atoms with van der Waals surface area (Å²) in [6, 6.07) is 12.2. The number of rotatable bonds is 7. The summed E-state index contributed by atoms with van der Waals surface area (Å²) in [5.41, 5.74) is 1.72. The third-order valence-electron chi connectivity index (χ3n) is 4.23. The second-order valence-corrected chi connectivity index (χ2v) is 7.54. The highest BCUT2D eigenvalue weighted by molar-refractivity contribution is 5.94. The third-order valence-corrected chi connectivity index (χ3v) is 4.23. The van der Waals surface area contributed by atoms with Crippen molar-refractivity contribution in [3.05, 3.63) is 48.0 Å². The smallest absolute Gasteiger partial charge is 0.344 e. The minimum atomic E-state index is -0.674. The van der Waals surface area contributed by atoms with Gasteiger partial charge in [0.2, 0.25) is 5.91 Å². The van der Waals surface area contributed by atoms with E-state index in [1.165, 1.54) is 6.92 Å². The van der Waals surface area contributed by atoms with Crippen molar-refractivity contribution in [1.29, 1.82) is 0 Å². The van der Waals surface area contributed by atoms with Gasteiger partial charge in [-0.3, -0.25) is 9.59 Å². The van der Waals surface area contributed by atoms with E-state index in [2.05, 4.69) is 10.6 Å². The second-order valence-electron chi connectivity index (χ2n) is 7.54. The first-order chi connectivity index (χ1) is 14.2. The fraction of sp³-hybridized carbons (Fsp3) is 0.318. The van der Waals surface area contributed by atoms with Crippen LogP contribution in [0.1, 0.15) is 26.3 Å². The van der Waals surface area contributed by atoms with Gasteiger partial charge in [0.05, 0.1) is 0 Å². The van der Waals surface area contributed by atoms with Crippen LogP contribution < -0.4 is 20.1 Å². The van der Waals surface area contributed by atoms with Gasteiger partial charge in [0.1, 0.15) is 5.60 Å². The molecule has 0 aromatic heterocycles. The number of nitrogens with one attached hydrogen (secondary N) is 2. The number of ether oxygens (including phenoxy) is 3. The van der Waals surface area contributed by atoms with Crippen molar-refractivity contribution in [2.75, 3.05) is 23.8 Å². The third kappa shape index (κ3) is 5.73. The molecule has 30 heavy (non-hydrogen) atoms. The Balaban J connectivity index is 1.46. The predicted octanol–water partition coefficient (Wildman–Crippen LogP) is 2.92. The summed E-state index contributed by atoms with van der Waals surface area (Å²) >= 11 is 0. The zero-order chi connectivity index (χ0) is 21.7. The Labute approximate surface area is 174 Å². The van der Waals surface area contributed by atoms with Crippen molar-refractivity contribution in [1.82, 2.24) is 0 Å². The van der Waals surface area contributed by atoms with Crippen molar-refractivity contribution < 1.29 is 28.6 Å². The Morgan fingerprint density at radius 2 is 1.73 bits per heavy atom. The van der Waals surface area contributed by atoms with Gasteiger partial charge in [0.25, 0.3) is 5.91 Å². The van der Waals surface area contributed by atoms with E-state index in [0.717, 1.165) is 12.0 Å². The molecule has 158 valence electrons. The summed E-state index contributed by atoms with van der Waals surface area (Å²) in [6.45, 7) is 4.56. The van der Waals surface area contributed by atoms with Crippen LogP contribution in [0.2, 0.25) is 0 Å². The number of amides is 2. The predicted molar refractivity (Wildman–Crippen MR) is 111 cm³/mol. The molecule has 2 aromatic rings. The van der Waals surface area contributed by atoms with Gasteiger partial charge >= 0.3 is 5.97 Å². The van der Waals surface area contributed by atoms with Crippen LogP contribution in [0.3, 0.4) is 0 Å². The Bertz CT molecular complexity index is 970. The molecule has 0 saturated carbocycles. The maximum absolute atomic E-state index is 12.0. The summed E-state index contributed by atoms with van der Waals surface area (Å²) < 4.78 is 16.4. The Morgan fingerprint density at radius 1 is 1.03 bits per heavy atom. The van der Waals surface area contributed by atoms with Gasteiger partial charge in [0.15, 0.2) is 24.7 Å². The van der Waals surface area contributed by atoms with E-state index in [1.54, 1.807) is 30.3 Å². The highest BCUT2D eigenvalue weighted by atomic mass is 16.6. The number of esters is 1. The molecule has 8 heteroatoms. The molecule has 0 saturated heterocycles. The average molecular weight is 412 g/mol. The molecule has 0 spiro atoms. The van der Waals surface area contributed by atoms with Gasteiger partial charge < -0.3 is 24.8 Å². The van der Waals surface area contributed by atoms with Gasteiger partial charge in [0, 0.05) is 30.3 Å². The van der Waals surface area contributed by atoms with E-state index in [1.807, 2.05) is 26.0 Å².